The Bertz CT molecular complexity index is 388. The number of alkyl halides is 1. The zero-order valence-electron chi connectivity index (χ0n) is 9.30. The van der Waals surface area contributed by atoms with Crippen molar-refractivity contribution in [3.05, 3.63) is 29.3 Å². The van der Waals surface area contributed by atoms with E-state index < -0.39 is 0 Å². The fourth-order valence-corrected chi connectivity index (χ4v) is 1.64. The van der Waals surface area contributed by atoms with Gasteiger partial charge in [0.1, 0.15) is 5.75 Å². The Morgan fingerprint density at radius 2 is 2.13 bits per heavy atom. The van der Waals surface area contributed by atoms with E-state index in [9.17, 15) is 0 Å². The van der Waals surface area contributed by atoms with Gasteiger partial charge in [-0.3, -0.25) is 0 Å². The lowest BCUT2D eigenvalue weighted by Gasteiger charge is -2.23. The monoisotopic (exact) mass is 266 g/mol. The van der Waals surface area contributed by atoms with Crippen molar-refractivity contribution in [2.75, 3.05) is 12.4 Å². The van der Waals surface area contributed by atoms with Crippen LogP contribution in [0.1, 0.15) is 25.0 Å². The van der Waals surface area contributed by atoms with Crippen molar-refractivity contribution >= 4 is 15.9 Å². The normalized spacial score (nSPS) is 10.9. The molecule has 0 heterocycles. The highest BCUT2D eigenvalue weighted by molar-refractivity contribution is 9.09. The molecular weight excluding hydrogens is 252 g/mol. The molecule has 0 bridgehead atoms. The predicted molar refractivity (Wildman–Crippen MR) is 67.7 cm³/mol. The first kappa shape index (κ1) is 12.1. The summed E-state index contributed by atoms with van der Waals surface area (Å²) in [4.78, 5) is 0. The quantitative estimate of drug-likeness (QED) is 0.602. The summed E-state index contributed by atoms with van der Waals surface area (Å²) in [6.45, 7) is 4.34. The van der Waals surface area contributed by atoms with Crippen LogP contribution in [-0.4, -0.2) is 12.4 Å². The molecule has 0 saturated heterocycles. The molecule has 15 heavy (non-hydrogen) atoms. The van der Waals surface area contributed by atoms with Gasteiger partial charge >= 0.3 is 0 Å². The highest BCUT2D eigenvalue weighted by Crippen LogP contribution is 2.29. The largest absolute Gasteiger partial charge is 0.495 e. The van der Waals surface area contributed by atoms with E-state index in [2.05, 4.69) is 41.8 Å². The molecule has 0 aliphatic heterocycles. The molecule has 1 nitrogen and oxygen atoms in total. The summed E-state index contributed by atoms with van der Waals surface area (Å²) in [5.41, 5.74) is 2.11. The van der Waals surface area contributed by atoms with Crippen LogP contribution in [-0.2, 0) is 5.41 Å². The lowest BCUT2D eigenvalue weighted by atomic mass is 9.86. The molecule has 0 fully saturated rings. The first-order valence-corrected chi connectivity index (χ1v) is 5.88. The Labute approximate surface area is 100.0 Å². The van der Waals surface area contributed by atoms with Crippen LogP contribution in [0.2, 0.25) is 0 Å². The summed E-state index contributed by atoms with van der Waals surface area (Å²) in [6.07, 6.45) is 5.44. The van der Waals surface area contributed by atoms with Crippen LogP contribution in [0.15, 0.2) is 18.2 Å². The maximum absolute atomic E-state index is 5.44. The molecule has 1 aromatic carbocycles. The second-order valence-electron chi connectivity index (χ2n) is 4.08. The lowest BCUT2D eigenvalue weighted by Crippen LogP contribution is -2.18. The van der Waals surface area contributed by atoms with Gasteiger partial charge in [0.05, 0.1) is 12.7 Å². The first-order valence-electron chi connectivity index (χ1n) is 4.76. The maximum Gasteiger partial charge on any atom is 0.134 e. The molecule has 0 saturated carbocycles. The molecule has 0 unspecified atom stereocenters. The van der Waals surface area contributed by atoms with Crippen molar-refractivity contribution in [1.29, 1.82) is 0 Å². The van der Waals surface area contributed by atoms with Crippen LogP contribution in [0.4, 0.5) is 0 Å². The Balaban J connectivity index is 3.21. The third-order valence-corrected chi connectivity index (χ3v) is 3.87. The molecule has 0 N–H and O–H groups in total. The molecule has 0 amide bonds. The van der Waals surface area contributed by atoms with Gasteiger partial charge in [-0.25, -0.2) is 0 Å². The summed E-state index contributed by atoms with van der Waals surface area (Å²) in [6, 6.07) is 6.00. The summed E-state index contributed by atoms with van der Waals surface area (Å²) in [5, 5.41) is 0.899. The maximum atomic E-state index is 5.44. The molecular formula is C13H15BrO. The highest BCUT2D eigenvalue weighted by Gasteiger charge is 2.19. The highest BCUT2D eigenvalue weighted by atomic mass is 79.9. The van der Waals surface area contributed by atoms with E-state index in [4.69, 9.17) is 11.2 Å². The summed E-state index contributed by atoms with van der Waals surface area (Å²) in [7, 11) is 1.63. The van der Waals surface area contributed by atoms with E-state index in [1.807, 2.05) is 12.1 Å². The second kappa shape index (κ2) is 4.72. The van der Waals surface area contributed by atoms with E-state index >= 15 is 0 Å². The van der Waals surface area contributed by atoms with Crippen LogP contribution in [0, 0.1) is 12.3 Å². The van der Waals surface area contributed by atoms with Gasteiger partial charge < -0.3 is 4.74 Å². The van der Waals surface area contributed by atoms with E-state index in [0.717, 1.165) is 16.6 Å². The van der Waals surface area contributed by atoms with Gasteiger partial charge in [0.15, 0.2) is 0 Å². The SMILES string of the molecule is C#Cc1cc(C(C)(C)CBr)ccc1OC. The van der Waals surface area contributed by atoms with Crippen molar-refractivity contribution in [2.45, 2.75) is 19.3 Å². The number of halogens is 1. The molecule has 0 spiro atoms. The number of terminal acetylenes is 1. The molecule has 1 rings (SSSR count). The summed E-state index contributed by atoms with van der Waals surface area (Å²) < 4.78 is 5.18. The molecule has 2 heteroatoms. The standard InChI is InChI=1S/C13H15BrO/c1-5-10-8-11(13(2,3)9-14)6-7-12(10)15-4/h1,6-8H,9H2,2-4H3. The molecule has 0 aliphatic carbocycles. The smallest absolute Gasteiger partial charge is 0.134 e. The minimum atomic E-state index is 0.0812. The van der Waals surface area contributed by atoms with Gasteiger partial charge in [0.2, 0.25) is 0 Å². The van der Waals surface area contributed by atoms with E-state index in [0.29, 0.717) is 0 Å². The van der Waals surface area contributed by atoms with Gasteiger partial charge in [-0.1, -0.05) is 41.8 Å². The number of ether oxygens (including phenoxy) is 1. The zero-order chi connectivity index (χ0) is 11.5. The van der Waals surface area contributed by atoms with E-state index in [1.165, 1.54) is 5.56 Å². The first-order chi connectivity index (χ1) is 7.05. The summed E-state index contributed by atoms with van der Waals surface area (Å²) in [5.74, 6) is 3.40. The van der Waals surface area contributed by atoms with Crippen LogP contribution in [0.5, 0.6) is 5.75 Å². The van der Waals surface area contributed by atoms with Gasteiger partial charge in [0.25, 0.3) is 0 Å². The van der Waals surface area contributed by atoms with Crippen LogP contribution < -0.4 is 4.74 Å². The zero-order valence-corrected chi connectivity index (χ0v) is 10.9. The van der Waals surface area contributed by atoms with Crippen molar-refractivity contribution in [2.24, 2.45) is 0 Å². The Morgan fingerprint density at radius 3 is 2.60 bits per heavy atom. The topological polar surface area (TPSA) is 9.23 Å². The van der Waals surface area contributed by atoms with E-state index in [1.54, 1.807) is 7.11 Å². The minimum Gasteiger partial charge on any atom is -0.495 e. The van der Waals surface area contributed by atoms with Gasteiger partial charge in [-0.15, -0.1) is 6.42 Å². The van der Waals surface area contributed by atoms with Crippen LogP contribution >= 0.6 is 15.9 Å². The number of rotatable bonds is 3. The van der Waals surface area contributed by atoms with Crippen LogP contribution in [0.25, 0.3) is 0 Å². The predicted octanol–water partition coefficient (Wildman–Crippen LogP) is 3.35. The fourth-order valence-electron chi connectivity index (χ4n) is 1.32. The van der Waals surface area contributed by atoms with Crippen molar-refractivity contribution in [3.8, 4) is 18.1 Å². The minimum absolute atomic E-state index is 0.0812. The third-order valence-electron chi connectivity index (χ3n) is 2.47. The molecule has 1 aromatic rings. The van der Waals surface area contributed by atoms with Crippen molar-refractivity contribution in [3.63, 3.8) is 0 Å². The number of hydrogen-bond donors (Lipinski definition) is 0. The molecule has 80 valence electrons. The van der Waals surface area contributed by atoms with Crippen LogP contribution in [0.3, 0.4) is 0 Å². The Kier molecular flexibility index (Phi) is 3.82. The molecule has 0 aliphatic rings. The van der Waals surface area contributed by atoms with Crippen molar-refractivity contribution in [1.82, 2.24) is 0 Å². The molecule has 0 atom stereocenters. The number of benzene rings is 1. The Hall–Kier alpha value is -0.940. The van der Waals surface area contributed by atoms with E-state index in [-0.39, 0.29) is 5.41 Å². The molecule has 0 radical (unpaired) electrons. The third kappa shape index (κ3) is 2.54. The van der Waals surface area contributed by atoms with Gasteiger partial charge in [-0.05, 0) is 23.1 Å². The van der Waals surface area contributed by atoms with Crippen molar-refractivity contribution < 1.29 is 4.74 Å². The fraction of sp³-hybridized carbons (Fsp3) is 0.385. The number of hydrogen-bond acceptors (Lipinski definition) is 1. The average molecular weight is 267 g/mol. The lowest BCUT2D eigenvalue weighted by molar-refractivity contribution is 0.413. The Morgan fingerprint density at radius 1 is 1.47 bits per heavy atom. The average Bonchev–Trinajstić information content (AvgIpc) is 2.28. The molecule has 0 aromatic heterocycles. The number of methoxy groups -OCH3 is 1. The van der Waals surface area contributed by atoms with Gasteiger partial charge in [0, 0.05) is 5.33 Å². The second-order valence-corrected chi connectivity index (χ2v) is 4.64. The summed E-state index contributed by atoms with van der Waals surface area (Å²) >= 11 is 3.51. The van der Waals surface area contributed by atoms with Gasteiger partial charge in [-0.2, -0.15) is 0 Å².